The Morgan fingerprint density at radius 1 is 1.56 bits per heavy atom. The summed E-state index contributed by atoms with van der Waals surface area (Å²) in [4.78, 5) is 13.9. The summed E-state index contributed by atoms with van der Waals surface area (Å²) in [5.41, 5.74) is 6.74. The Morgan fingerprint density at radius 2 is 2.33 bits per heavy atom. The Hall–Kier alpha value is -1.42. The lowest BCUT2D eigenvalue weighted by Gasteiger charge is -2.31. The lowest BCUT2D eigenvalue weighted by molar-refractivity contribution is 0.182. The molecular weight excluding hydrogens is 250 g/mol. The molecule has 3 N–H and O–H groups in total. The number of hydrogen-bond acceptors (Lipinski definition) is 2. The topological polar surface area (TPSA) is 58.4 Å². The summed E-state index contributed by atoms with van der Waals surface area (Å²) in [6.45, 7) is 3.76. The molecule has 0 saturated carbocycles. The van der Waals surface area contributed by atoms with Crippen molar-refractivity contribution in [3.63, 3.8) is 0 Å². The molecular formula is C13H18ClN3O. The Balaban J connectivity index is 2.04. The minimum absolute atomic E-state index is 0.103. The van der Waals surface area contributed by atoms with E-state index in [0.29, 0.717) is 22.3 Å². The van der Waals surface area contributed by atoms with Gasteiger partial charge in [-0.3, -0.25) is 0 Å². The molecule has 0 aliphatic carbocycles. The number of piperidine rings is 1. The average molecular weight is 268 g/mol. The molecule has 1 fully saturated rings. The Bertz CT molecular complexity index is 450. The van der Waals surface area contributed by atoms with Crippen LogP contribution >= 0.6 is 11.6 Å². The summed E-state index contributed by atoms with van der Waals surface area (Å²) in [7, 11) is 0. The van der Waals surface area contributed by atoms with Gasteiger partial charge in [0, 0.05) is 13.1 Å². The minimum Gasteiger partial charge on any atom is -0.397 e. The van der Waals surface area contributed by atoms with E-state index in [4.69, 9.17) is 17.3 Å². The molecule has 1 aromatic rings. The zero-order chi connectivity index (χ0) is 13.1. The van der Waals surface area contributed by atoms with E-state index >= 15 is 0 Å². The van der Waals surface area contributed by atoms with Gasteiger partial charge in [0.15, 0.2) is 0 Å². The molecule has 2 rings (SSSR count). The number of halogens is 1. The molecule has 18 heavy (non-hydrogen) atoms. The van der Waals surface area contributed by atoms with Crippen molar-refractivity contribution in [2.45, 2.75) is 19.8 Å². The molecule has 1 unspecified atom stereocenters. The van der Waals surface area contributed by atoms with Crippen LogP contribution in [0.4, 0.5) is 16.2 Å². The third-order valence-electron chi connectivity index (χ3n) is 3.21. The number of carbonyl (C=O) groups excluding carboxylic acids is 1. The van der Waals surface area contributed by atoms with E-state index in [0.717, 1.165) is 19.5 Å². The fourth-order valence-electron chi connectivity index (χ4n) is 2.21. The molecule has 1 atom stereocenters. The first-order valence-corrected chi connectivity index (χ1v) is 6.55. The van der Waals surface area contributed by atoms with Crippen LogP contribution in [0.2, 0.25) is 5.02 Å². The van der Waals surface area contributed by atoms with E-state index in [1.54, 1.807) is 18.2 Å². The number of benzene rings is 1. The lowest BCUT2D eigenvalue weighted by Crippen LogP contribution is -2.41. The number of urea groups is 1. The van der Waals surface area contributed by atoms with Gasteiger partial charge in [-0.15, -0.1) is 0 Å². The van der Waals surface area contributed by atoms with E-state index in [-0.39, 0.29) is 6.03 Å². The maximum absolute atomic E-state index is 12.1. The first kappa shape index (κ1) is 13.0. The highest BCUT2D eigenvalue weighted by Crippen LogP contribution is 2.28. The van der Waals surface area contributed by atoms with Gasteiger partial charge in [-0.25, -0.2) is 4.79 Å². The quantitative estimate of drug-likeness (QED) is 0.768. The van der Waals surface area contributed by atoms with Crippen LogP contribution in [-0.4, -0.2) is 24.0 Å². The summed E-state index contributed by atoms with van der Waals surface area (Å²) < 4.78 is 0. The smallest absolute Gasteiger partial charge is 0.321 e. The van der Waals surface area contributed by atoms with Crippen LogP contribution in [0.1, 0.15) is 19.8 Å². The molecule has 1 aliphatic heterocycles. The number of amides is 2. The molecule has 1 heterocycles. The third kappa shape index (κ3) is 2.88. The zero-order valence-electron chi connectivity index (χ0n) is 10.4. The molecule has 5 heteroatoms. The van der Waals surface area contributed by atoms with E-state index in [1.165, 1.54) is 6.42 Å². The van der Waals surface area contributed by atoms with Crippen LogP contribution in [-0.2, 0) is 0 Å². The zero-order valence-corrected chi connectivity index (χ0v) is 11.2. The average Bonchev–Trinajstić information content (AvgIpc) is 2.35. The van der Waals surface area contributed by atoms with Gasteiger partial charge in [0.2, 0.25) is 0 Å². The first-order chi connectivity index (χ1) is 8.58. The van der Waals surface area contributed by atoms with Gasteiger partial charge >= 0.3 is 6.03 Å². The number of nitrogens with two attached hydrogens (primary N) is 1. The summed E-state index contributed by atoms with van der Waals surface area (Å²) >= 11 is 6.05. The predicted octanol–water partition coefficient (Wildman–Crippen LogP) is 3.19. The number of nitrogens with zero attached hydrogens (tertiary/aromatic N) is 1. The summed E-state index contributed by atoms with van der Waals surface area (Å²) in [6, 6.07) is 5.13. The molecule has 0 bridgehead atoms. The van der Waals surface area contributed by atoms with Gasteiger partial charge in [-0.05, 0) is 30.9 Å². The number of anilines is 2. The van der Waals surface area contributed by atoms with Crippen molar-refractivity contribution in [3.05, 3.63) is 23.2 Å². The van der Waals surface area contributed by atoms with E-state index in [2.05, 4.69) is 12.2 Å². The van der Waals surface area contributed by atoms with Crippen molar-refractivity contribution in [1.29, 1.82) is 0 Å². The summed E-state index contributed by atoms with van der Waals surface area (Å²) in [6.07, 6.45) is 2.24. The number of carbonyl (C=O) groups is 1. The van der Waals surface area contributed by atoms with E-state index < -0.39 is 0 Å². The van der Waals surface area contributed by atoms with Gasteiger partial charge < -0.3 is 16.0 Å². The fraction of sp³-hybridized carbons (Fsp3) is 0.462. The van der Waals surface area contributed by atoms with Crippen molar-refractivity contribution < 1.29 is 4.79 Å². The summed E-state index contributed by atoms with van der Waals surface area (Å²) in [5, 5.41) is 3.22. The van der Waals surface area contributed by atoms with Crippen molar-refractivity contribution in [2.75, 3.05) is 24.1 Å². The Kier molecular flexibility index (Phi) is 3.97. The molecule has 1 aliphatic rings. The molecule has 1 aromatic carbocycles. The molecule has 0 radical (unpaired) electrons. The molecule has 4 nitrogen and oxygen atoms in total. The summed E-state index contributed by atoms with van der Waals surface area (Å²) in [5.74, 6) is 0.556. The first-order valence-electron chi connectivity index (χ1n) is 6.18. The molecule has 0 aromatic heterocycles. The van der Waals surface area contributed by atoms with Crippen LogP contribution in [0.25, 0.3) is 0 Å². The van der Waals surface area contributed by atoms with Crippen molar-refractivity contribution >= 4 is 29.0 Å². The normalized spacial score (nSPS) is 19.7. The fourth-order valence-corrected chi connectivity index (χ4v) is 2.39. The van der Waals surface area contributed by atoms with E-state index in [1.807, 2.05) is 4.90 Å². The maximum atomic E-state index is 12.1. The van der Waals surface area contributed by atoms with Gasteiger partial charge in [0.1, 0.15) is 0 Å². The van der Waals surface area contributed by atoms with Gasteiger partial charge in [-0.2, -0.15) is 0 Å². The number of rotatable bonds is 1. The van der Waals surface area contributed by atoms with Crippen molar-refractivity contribution in [2.24, 2.45) is 5.92 Å². The van der Waals surface area contributed by atoms with Crippen molar-refractivity contribution in [1.82, 2.24) is 4.90 Å². The maximum Gasteiger partial charge on any atom is 0.321 e. The van der Waals surface area contributed by atoms with Gasteiger partial charge in [-0.1, -0.05) is 24.6 Å². The molecule has 98 valence electrons. The lowest BCUT2D eigenvalue weighted by atomic mass is 10.0. The monoisotopic (exact) mass is 267 g/mol. The number of nitrogen functional groups attached to an aromatic ring is 1. The highest BCUT2D eigenvalue weighted by Gasteiger charge is 2.21. The minimum atomic E-state index is -0.103. The second kappa shape index (κ2) is 5.48. The van der Waals surface area contributed by atoms with Crippen LogP contribution in [0.5, 0.6) is 0 Å². The van der Waals surface area contributed by atoms with Gasteiger partial charge in [0.05, 0.1) is 16.4 Å². The SMILES string of the molecule is CC1CCCN(C(=O)Nc2cccc(N)c2Cl)C1. The van der Waals surface area contributed by atoms with Crippen LogP contribution in [0.15, 0.2) is 18.2 Å². The molecule has 0 spiro atoms. The third-order valence-corrected chi connectivity index (χ3v) is 3.64. The second-order valence-corrected chi connectivity index (χ2v) is 5.21. The highest BCUT2D eigenvalue weighted by molar-refractivity contribution is 6.36. The second-order valence-electron chi connectivity index (χ2n) is 4.83. The molecule has 1 saturated heterocycles. The Morgan fingerprint density at radius 3 is 3.06 bits per heavy atom. The van der Waals surface area contributed by atoms with E-state index in [9.17, 15) is 4.79 Å². The highest BCUT2D eigenvalue weighted by atomic mass is 35.5. The standard InChI is InChI=1S/C13H18ClN3O/c1-9-4-3-7-17(8-9)13(18)16-11-6-2-5-10(15)12(11)14/h2,5-6,9H,3-4,7-8,15H2,1H3,(H,16,18). The van der Waals surface area contributed by atoms with Gasteiger partial charge in [0.25, 0.3) is 0 Å². The number of hydrogen-bond donors (Lipinski definition) is 2. The molecule has 2 amide bonds. The predicted molar refractivity (Wildman–Crippen MR) is 74.9 cm³/mol. The number of likely N-dealkylation sites (tertiary alicyclic amines) is 1. The van der Waals surface area contributed by atoms with Crippen LogP contribution in [0, 0.1) is 5.92 Å². The van der Waals surface area contributed by atoms with Crippen LogP contribution in [0.3, 0.4) is 0 Å². The van der Waals surface area contributed by atoms with Crippen molar-refractivity contribution in [3.8, 4) is 0 Å². The Labute approximate surface area is 112 Å². The largest absolute Gasteiger partial charge is 0.397 e. The van der Waals surface area contributed by atoms with Crippen LogP contribution < -0.4 is 11.1 Å². The number of nitrogens with one attached hydrogen (secondary N) is 1.